The van der Waals surface area contributed by atoms with Crippen molar-refractivity contribution in [3.05, 3.63) is 60.2 Å². The molecule has 0 saturated carbocycles. The number of rotatable bonds is 3. The van der Waals surface area contributed by atoms with E-state index in [-0.39, 0.29) is 0 Å². The highest BCUT2D eigenvalue weighted by atomic mass is 16.2. The molecule has 1 saturated heterocycles. The molecule has 0 aliphatic carbocycles. The van der Waals surface area contributed by atoms with Crippen LogP contribution in [0.1, 0.15) is 25.3 Å². The fourth-order valence-electron chi connectivity index (χ4n) is 3.09. The number of carbonyl (C=O) groups is 2. The van der Waals surface area contributed by atoms with Crippen molar-refractivity contribution in [1.29, 1.82) is 0 Å². The van der Waals surface area contributed by atoms with E-state index in [1.54, 1.807) is 4.90 Å². The molecule has 26 heavy (non-hydrogen) atoms. The number of hydrogen-bond acceptors (Lipinski definition) is 3. The van der Waals surface area contributed by atoms with Gasteiger partial charge in [0.15, 0.2) is 0 Å². The van der Waals surface area contributed by atoms with Gasteiger partial charge in [-0.1, -0.05) is 44.2 Å². The summed E-state index contributed by atoms with van der Waals surface area (Å²) in [4.78, 5) is 28.5. The number of carbonyl (C=O) groups excluding carboxylic acids is 2. The van der Waals surface area contributed by atoms with Gasteiger partial charge in [0.1, 0.15) is 0 Å². The first kappa shape index (κ1) is 18.0. The minimum atomic E-state index is -0.574. The Morgan fingerprint density at radius 3 is 2.08 bits per heavy atom. The van der Waals surface area contributed by atoms with Gasteiger partial charge in [-0.2, -0.15) is 0 Å². The summed E-state index contributed by atoms with van der Waals surface area (Å²) in [6.07, 6.45) is 0. The number of benzene rings is 2. The standard InChI is InChI=1S/C21H25N3O2/c1-16(2)17-8-10-18(11-9-17)22-20(25)21(26)24-14-12-23(13-15-24)19-6-4-3-5-7-19/h3-11,16H,12-15H2,1-2H3,(H,22,25). The topological polar surface area (TPSA) is 52.7 Å². The molecule has 0 atom stereocenters. The van der Waals surface area contributed by atoms with E-state index in [0.29, 0.717) is 24.7 Å². The summed E-state index contributed by atoms with van der Waals surface area (Å²) in [6, 6.07) is 17.8. The van der Waals surface area contributed by atoms with Crippen molar-refractivity contribution in [3.8, 4) is 0 Å². The third kappa shape index (κ3) is 4.23. The van der Waals surface area contributed by atoms with Gasteiger partial charge in [0.25, 0.3) is 0 Å². The van der Waals surface area contributed by atoms with E-state index in [0.717, 1.165) is 18.8 Å². The Labute approximate surface area is 154 Å². The molecule has 0 unspecified atom stereocenters. The van der Waals surface area contributed by atoms with Crippen LogP contribution in [0.25, 0.3) is 0 Å². The van der Waals surface area contributed by atoms with Gasteiger partial charge in [-0.25, -0.2) is 0 Å². The molecule has 0 spiro atoms. The second-order valence-electron chi connectivity index (χ2n) is 6.85. The van der Waals surface area contributed by atoms with Gasteiger partial charge in [-0.15, -0.1) is 0 Å². The maximum atomic E-state index is 12.4. The van der Waals surface area contributed by atoms with Gasteiger partial charge in [-0.3, -0.25) is 9.59 Å². The van der Waals surface area contributed by atoms with Crippen LogP contribution >= 0.6 is 0 Å². The molecule has 0 aromatic heterocycles. The molecule has 5 heteroatoms. The lowest BCUT2D eigenvalue weighted by Gasteiger charge is -2.35. The van der Waals surface area contributed by atoms with E-state index >= 15 is 0 Å². The van der Waals surface area contributed by atoms with Gasteiger partial charge in [0.05, 0.1) is 0 Å². The lowest BCUT2D eigenvalue weighted by molar-refractivity contribution is -0.143. The molecular weight excluding hydrogens is 326 g/mol. The predicted molar refractivity (Wildman–Crippen MR) is 104 cm³/mol. The molecule has 1 N–H and O–H groups in total. The van der Waals surface area contributed by atoms with Crippen LogP contribution in [-0.4, -0.2) is 42.9 Å². The van der Waals surface area contributed by atoms with E-state index in [9.17, 15) is 9.59 Å². The lowest BCUT2D eigenvalue weighted by Crippen LogP contribution is -2.51. The molecule has 1 aliphatic heterocycles. The third-order valence-electron chi connectivity index (χ3n) is 4.72. The molecule has 5 nitrogen and oxygen atoms in total. The summed E-state index contributed by atoms with van der Waals surface area (Å²) >= 11 is 0. The molecule has 1 heterocycles. The number of anilines is 2. The lowest BCUT2D eigenvalue weighted by atomic mass is 10.0. The summed E-state index contributed by atoms with van der Waals surface area (Å²) in [7, 11) is 0. The maximum absolute atomic E-state index is 12.4. The zero-order chi connectivity index (χ0) is 18.5. The number of amides is 2. The largest absolute Gasteiger partial charge is 0.368 e. The predicted octanol–water partition coefficient (Wildman–Crippen LogP) is 3.10. The Bertz CT molecular complexity index is 749. The molecule has 2 amide bonds. The number of hydrogen-bond donors (Lipinski definition) is 1. The quantitative estimate of drug-likeness (QED) is 0.865. The van der Waals surface area contributed by atoms with Gasteiger partial charge < -0.3 is 15.1 Å². The highest BCUT2D eigenvalue weighted by Crippen LogP contribution is 2.18. The van der Waals surface area contributed by atoms with E-state index in [1.807, 2.05) is 42.5 Å². The second kappa shape index (κ2) is 8.04. The van der Waals surface area contributed by atoms with Crippen molar-refractivity contribution in [2.75, 3.05) is 36.4 Å². The number of nitrogens with one attached hydrogen (secondary N) is 1. The first-order chi connectivity index (χ1) is 12.5. The average molecular weight is 351 g/mol. The molecule has 2 aromatic carbocycles. The van der Waals surface area contributed by atoms with Gasteiger partial charge in [0.2, 0.25) is 0 Å². The van der Waals surface area contributed by atoms with Crippen molar-refractivity contribution < 1.29 is 9.59 Å². The SMILES string of the molecule is CC(C)c1ccc(NC(=O)C(=O)N2CCN(c3ccccc3)CC2)cc1. The fraction of sp³-hybridized carbons (Fsp3) is 0.333. The average Bonchev–Trinajstić information content (AvgIpc) is 2.68. The van der Waals surface area contributed by atoms with Crippen molar-refractivity contribution >= 4 is 23.2 Å². The second-order valence-corrected chi connectivity index (χ2v) is 6.85. The maximum Gasteiger partial charge on any atom is 0.313 e. The monoisotopic (exact) mass is 351 g/mol. The van der Waals surface area contributed by atoms with E-state index in [2.05, 4.69) is 36.2 Å². The highest BCUT2D eigenvalue weighted by Gasteiger charge is 2.26. The Hall–Kier alpha value is -2.82. The molecule has 0 bridgehead atoms. The first-order valence-corrected chi connectivity index (χ1v) is 9.05. The van der Waals surface area contributed by atoms with Crippen LogP contribution in [0.15, 0.2) is 54.6 Å². The Balaban J connectivity index is 1.54. The van der Waals surface area contributed by atoms with Crippen molar-refractivity contribution in [3.63, 3.8) is 0 Å². The van der Waals surface area contributed by atoms with E-state index in [1.165, 1.54) is 5.56 Å². The zero-order valence-electron chi connectivity index (χ0n) is 15.3. The molecule has 1 aliphatic rings. The van der Waals surface area contributed by atoms with Crippen molar-refractivity contribution in [2.24, 2.45) is 0 Å². The normalized spacial score (nSPS) is 14.4. The van der Waals surface area contributed by atoms with Crippen LogP contribution in [0.3, 0.4) is 0 Å². The van der Waals surface area contributed by atoms with Crippen molar-refractivity contribution in [1.82, 2.24) is 4.90 Å². The molecule has 1 fully saturated rings. The van der Waals surface area contributed by atoms with Gasteiger partial charge >= 0.3 is 11.8 Å². The highest BCUT2D eigenvalue weighted by molar-refractivity contribution is 6.39. The van der Waals surface area contributed by atoms with Crippen LogP contribution < -0.4 is 10.2 Å². The smallest absolute Gasteiger partial charge is 0.313 e. The van der Waals surface area contributed by atoms with E-state index in [4.69, 9.17) is 0 Å². The summed E-state index contributed by atoms with van der Waals surface area (Å²) in [6.45, 7) is 6.79. The summed E-state index contributed by atoms with van der Waals surface area (Å²) in [5.74, 6) is -0.608. The first-order valence-electron chi connectivity index (χ1n) is 9.05. The van der Waals surface area contributed by atoms with Crippen LogP contribution in [0.4, 0.5) is 11.4 Å². The summed E-state index contributed by atoms with van der Waals surface area (Å²) in [5, 5.41) is 2.70. The minimum absolute atomic E-state index is 0.433. The Morgan fingerprint density at radius 1 is 0.885 bits per heavy atom. The Morgan fingerprint density at radius 2 is 1.50 bits per heavy atom. The molecule has 0 radical (unpaired) electrons. The minimum Gasteiger partial charge on any atom is -0.368 e. The number of nitrogens with zero attached hydrogens (tertiary/aromatic N) is 2. The molecule has 3 rings (SSSR count). The number of para-hydroxylation sites is 1. The molecule has 136 valence electrons. The van der Waals surface area contributed by atoms with E-state index < -0.39 is 11.8 Å². The Kier molecular flexibility index (Phi) is 5.56. The summed E-state index contributed by atoms with van der Waals surface area (Å²) < 4.78 is 0. The third-order valence-corrected chi connectivity index (χ3v) is 4.72. The van der Waals surface area contributed by atoms with Crippen LogP contribution in [0.2, 0.25) is 0 Å². The van der Waals surface area contributed by atoms with Crippen LogP contribution in [0, 0.1) is 0 Å². The fourth-order valence-corrected chi connectivity index (χ4v) is 3.09. The number of piperazine rings is 1. The molecular formula is C21H25N3O2. The van der Waals surface area contributed by atoms with Crippen LogP contribution in [0.5, 0.6) is 0 Å². The zero-order valence-corrected chi connectivity index (χ0v) is 15.3. The van der Waals surface area contributed by atoms with Crippen molar-refractivity contribution in [2.45, 2.75) is 19.8 Å². The molecule has 2 aromatic rings. The van der Waals surface area contributed by atoms with Gasteiger partial charge in [-0.05, 0) is 35.7 Å². The van der Waals surface area contributed by atoms with Gasteiger partial charge in [0, 0.05) is 37.6 Å². The summed E-state index contributed by atoms with van der Waals surface area (Å²) in [5.41, 5.74) is 3.00. The van der Waals surface area contributed by atoms with Crippen LogP contribution in [-0.2, 0) is 9.59 Å².